The van der Waals surface area contributed by atoms with Gasteiger partial charge in [0.2, 0.25) is 0 Å². The summed E-state index contributed by atoms with van der Waals surface area (Å²) < 4.78 is 0.793. The molecule has 0 aliphatic heterocycles. The summed E-state index contributed by atoms with van der Waals surface area (Å²) in [5.74, 6) is -0.448. The maximum Gasteiger partial charge on any atom is 0.257 e. The van der Waals surface area contributed by atoms with Crippen LogP contribution in [0.15, 0.2) is 53.0 Å². The van der Waals surface area contributed by atoms with E-state index in [9.17, 15) is 9.90 Å². The van der Waals surface area contributed by atoms with Crippen molar-refractivity contribution in [2.24, 2.45) is 0 Å². The molecular weight excluding hydrogens is 306 g/mol. The lowest BCUT2D eigenvalue weighted by Crippen LogP contribution is -2.20. The third-order valence-corrected chi connectivity index (χ3v) is 3.40. The summed E-state index contributed by atoms with van der Waals surface area (Å²) in [4.78, 5) is 12.0. The van der Waals surface area contributed by atoms with E-state index in [4.69, 9.17) is 0 Å². The molecule has 1 unspecified atom stereocenters. The Bertz CT molecular complexity index is 584. The van der Waals surface area contributed by atoms with Crippen molar-refractivity contribution in [3.63, 3.8) is 0 Å². The predicted octanol–water partition coefficient (Wildman–Crippen LogP) is 3.43. The van der Waals surface area contributed by atoms with E-state index in [-0.39, 0.29) is 0 Å². The first kappa shape index (κ1) is 13.8. The van der Waals surface area contributed by atoms with Crippen LogP contribution in [0.1, 0.15) is 17.2 Å². The van der Waals surface area contributed by atoms with Gasteiger partial charge in [-0.3, -0.25) is 4.79 Å². The number of anilines is 1. The van der Waals surface area contributed by atoms with Crippen LogP contribution in [0.4, 0.5) is 5.69 Å². The highest BCUT2D eigenvalue weighted by molar-refractivity contribution is 9.10. The summed E-state index contributed by atoms with van der Waals surface area (Å²) in [6.45, 7) is 1.97. The van der Waals surface area contributed by atoms with Crippen molar-refractivity contribution in [3.05, 3.63) is 64.1 Å². The Labute approximate surface area is 120 Å². The molecule has 0 spiro atoms. The number of halogens is 1. The Balaban J connectivity index is 2.13. The fourth-order valence-electron chi connectivity index (χ4n) is 1.71. The molecule has 1 amide bonds. The number of aliphatic hydroxyl groups is 1. The molecule has 0 aliphatic rings. The number of carbonyl (C=O) groups is 1. The highest BCUT2D eigenvalue weighted by atomic mass is 79.9. The van der Waals surface area contributed by atoms with Crippen LogP contribution in [0.3, 0.4) is 0 Å². The van der Waals surface area contributed by atoms with Gasteiger partial charge in [0.1, 0.15) is 0 Å². The Morgan fingerprint density at radius 1 is 1.21 bits per heavy atom. The van der Waals surface area contributed by atoms with Gasteiger partial charge < -0.3 is 10.4 Å². The second-order valence-electron chi connectivity index (χ2n) is 4.29. The first-order valence-corrected chi connectivity index (χ1v) is 6.67. The summed E-state index contributed by atoms with van der Waals surface area (Å²) in [6, 6.07) is 14.4. The number of aryl methyl sites for hydroxylation is 1. The average molecular weight is 320 g/mol. The summed E-state index contributed by atoms with van der Waals surface area (Å²) in [6.07, 6.45) is -1.17. The van der Waals surface area contributed by atoms with Gasteiger partial charge in [-0.25, -0.2) is 0 Å². The zero-order chi connectivity index (χ0) is 13.8. The number of carbonyl (C=O) groups excluding carboxylic acids is 1. The van der Waals surface area contributed by atoms with Crippen molar-refractivity contribution in [1.29, 1.82) is 0 Å². The number of rotatable bonds is 3. The maximum absolute atomic E-state index is 12.0. The van der Waals surface area contributed by atoms with Crippen LogP contribution in [0.2, 0.25) is 0 Å². The fourth-order valence-corrected chi connectivity index (χ4v) is 2.30. The summed E-state index contributed by atoms with van der Waals surface area (Å²) in [7, 11) is 0. The molecular formula is C15H14BrNO2. The van der Waals surface area contributed by atoms with Crippen molar-refractivity contribution in [3.8, 4) is 0 Å². The van der Waals surface area contributed by atoms with Crippen LogP contribution < -0.4 is 5.32 Å². The summed E-state index contributed by atoms with van der Waals surface area (Å²) in [5.41, 5.74) is 2.31. The molecule has 0 radical (unpaired) electrons. The van der Waals surface area contributed by atoms with Crippen molar-refractivity contribution < 1.29 is 9.90 Å². The molecule has 0 saturated carbocycles. The molecule has 0 saturated heterocycles. The largest absolute Gasteiger partial charge is 0.378 e. The number of hydrogen-bond acceptors (Lipinski definition) is 2. The van der Waals surface area contributed by atoms with Gasteiger partial charge in [0, 0.05) is 4.47 Å². The SMILES string of the molecule is Cc1ccc(NC(=O)C(O)c2ccccc2)c(Br)c1. The quantitative estimate of drug-likeness (QED) is 0.910. The number of aliphatic hydroxyl groups excluding tert-OH is 1. The molecule has 4 heteroatoms. The minimum atomic E-state index is -1.17. The fraction of sp³-hybridized carbons (Fsp3) is 0.133. The lowest BCUT2D eigenvalue weighted by Gasteiger charge is -2.13. The molecule has 3 nitrogen and oxygen atoms in total. The van der Waals surface area contributed by atoms with E-state index >= 15 is 0 Å². The minimum Gasteiger partial charge on any atom is -0.378 e. The molecule has 0 aromatic heterocycles. The van der Waals surface area contributed by atoms with Gasteiger partial charge >= 0.3 is 0 Å². The Kier molecular flexibility index (Phi) is 4.35. The number of amides is 1. The molecule has 0 bridgehead atoms. The van der Waals surface area contributed by atoms with E-state index in [1.54, 1.807) is 30.3 Å². The zero-order valence-electron chi connectivity index (χ0n) is 10.4. The van der Waals surface area contributed by atoms with Crippen LogP contribution in [0.5, 0.6) is 0 Å². The van der Waals surface area contributed by atoms with E-state index in [2.05, 4.69) is 21.2 Å². The van der Waals surface area contributed by atoms with Crippen LogP contribution >= 0.6 is 15.9 Å². The lowest BCUT2D eigenvalue weighted by molar-refractivity contribution is -0.124. The molecule has 2 rings (SSSR count). The minimum absolute atomic E-state index is 0.448. The third kappa shape index (κ3) is 3.43. The molecule has 2 N–H and O–H groups in total. The maximum atomic E-state index is 12.0. The van der Waals surface area contributed by atoms with Crippen LogP contribution in [0, 0.1) is 6.92 Å². The highest BCUT2D eigenvalue weighted by Crippen LogP contribution is 2.24. The second kappa shape index (κ2) is 5.99. The third-order valence-electron chi connectivity index (χ3n) is 2.75. The van der Waals surface area contributed by atoms with Gasteiger partial charge in [-0.05, 0) is 46.1 Å². The van der Waals surface area contributed by atoms with E-state index in [0.717, 1.165) is 10.0 Å². The Morgan fingerprint density at radius 3 is 2.53 bits per heavy atom. The second-order valence-corrected chi connectivity index (χ2v) is 5.14. The topological polar surface area (TPSA) is 49.3 Å². The highest BCUT2D eigenvalue weighted by Gasteiger charge is 2.17. The van der Waals surface area contributed by atoms with Crippen molar-refractivity contribution in [2.75, 3.05) is 5.32 Å². The zero-order valence-corrected chi connectivity index (χ0v) is 12.0. The monoisotopic (exact) mass is 319 g/mol. The van der Waals surface area contributed by atoms with Gasteiger partial charge in [0.15, 0.2) is 6.10 Å². The normalized spacial score (nSPS) is 11.9. The Hall–Kier alpha value is -1.65. The molecule has 0 heterocycles. The van der Waals surface area contributed by atoms with E-state index < -0.39 is 12.0 Å². The smallest absolute Gasteiger partial charge is 0.257 e. The molecule has 2 aromatic carbocycles. The summed E-state index contributed by atoms with van der Waals surface area (Å²) >= 11 is 3.38. The summed E-state index contributed by atoms with van der Waals surface area (Å²) in [5, 5.41) is 12.7. The van der Waals surface area contributed by atoms with Gasteiger partial charge in [0.05, 0.1) is 5.69 Å². The predicted molar refractivity (Wildman–Crippen MR) is 78.9 cm³/mol. The number of benzene rings is 2. The lowest BCUT2D eigenvalue weighted by atomic mass is 10.1. The van der Waals surface area contributed by atoms with E-state index in [0.29, 0.717) is 11.3 Å². The van der Waals surface area contributed by atoms with Crippen molar-refractivity contribution in [1.82, 2.24) is 0 Å². The standard InChI is InChI=1S/C15H14BrNO2/c1-10-7-8-13(12(16)9-10)17-15(19)14(18)11-5-3-2-4-6-11/h2-9,14,18H,1H3,(H,17,19). The van der Waals surface area contributed by atoms with Gasteiger partial charge in [0.25, 0.3) is 5.91 Å². The van der Waals surface area contributed by atoms with Crippen LogP contribution in [0.25, 0.3) is 0 Å². The molecule has 0 fully saturated rings. The first-order chi connectivity index (χ1) is 9.08. The average Bonchev–Trinajstić information content (AvgIpc) is 2.42. The molecule has 2 aromatic rings. The molecule has 1 atom stereocenters. The van der Waals surface area contributed by atoms with Gasteiger partial charge in [-0.15, -0.1) is 0 Å². The van der Waals surface area contributed by atoms with E-state index in [1.165, 1.54) is 0 Å². The van der Waals surface area contributed by atoms with Crippen LogP contribution in [-0.4, -0.2) is 11.0 Å². The van der Waals surface area contributed by atoms with Crippen LogP contribution in [-0.2, 0) is 4.79 Å². The molecule has 98 valence electrons. The van der Waals surface area contributed by atoms with Gasteiger partial charge in [-0.1, -0.05) is 36.4 Å². The van der Waals surface area contributed by atoms with Crippen molar-refractivity contribution in [2.45, 2.75) is 13.0 Å². The first-order valence-electron chi connectivity index (χ1n) is 5.88. The number of hydrogen-bond donors (Lipinski definition) is 2. The Morgan fingerprint density at radius 2 is 1.89 bits per heavy atom. The molecule has 0 aliphatic carbocycles. The molecule has 19 heavy (non-hydrogen) atoms. The van der Waals surface area contributed by atoms with Crippen molar-refractivity contribution >= 4 is 27.5 Å². The van der Waals surface area contributed by atoms with Gasteiger partial charge in [-0.2, -0.15) is 0 Å². The van der Waals surface area contributed by atoms with E-state index in [1.807, 2.05) is 25.1 Å². The number of nitrogens with one attached hydrogen (secondary N) is 1.